The van der Waals surface area contributed by atoms with E-state index in [0.29, 0.717) is 4.88 Å². The molecule has 2 aliphatic rings. The lowest BCUT2D eigenvalue weighted by Crippen LogP contribution is -2.37. The van der Waals surface area contributed by atoms with Crippen molar-refractivity contribution < 1.29 is 4.79 Å². The van der Waals surface area contributed by atoms with E-state index in [1.807, 2.05) is 76.5 Å². The second-order valence-corrected chi connectivity index (χ2v) is 9.09. The lowest BCUT2D eigenvalue weighted by molar-refractivity contribution is 0.0879. The number of thiophene rings is 2. The zero-order chi connectivity index (χ0) is 20.0. The number of nitrogens with zero attached hydrogens (tertiary/aromatic N) is 3. The Balaban J connectivity index is 1.78. The topological polar surface area (TPSA) is 67.9 Å². The molecule has 0 bridgehead atoms. The maximum absolute atomic E-state index is 13.6. The van der Waals surface area contributed by atoms with Gasteiger partial charge in [0.05, 0.1) is 29.0 Å². The van der Waals surface area contributed by atoms with Gasteiger partial charge in [-0.1, -0.05) is 36.4 Å². The number of carbonyl (C=O) groups excluding carboxylic acids is 1. The number of carbonyl (C=O) groups is 1. The number of hydrogen-bond donors (Lipinski definition) is 0. The van der Waals surface area contributed by atoms with Crippen LogP contribution in [0.4, 0.5) is 0 Å². The van der Waals surface area contributed by atoms with Crippen LogP contribution in [0.15, 0.2) is 65.5 Å². The van der Waals surface area contributed by atoms with Crippen LogP contribution in [-0.4, -0.2) is 16.7 Å². The summed E-state index contributed by atoms with van der Waals surface area (Å²) in [5.41, 5.74) is 0.530. The molecule has 4 nitrogen and oxygen atoms in total. The average molecular weight is 414 g/mol. The Morgan fingerprint density at radius 3 is 2.45 bits per heavy atom. The lowest BCUT2D eigenvalue weighted by atomic mass is 9.69. The molecule has 1 fully saturated rings. The van der Waals surface area contributed by atoms with Crippen LogP contribution in [0, 0.1) is 28.1 Å². The van der Waals surface area contributed by atoms with Crippen molar-refractivity contribution in [2.75, 3.05) is 0 Å². The maximum atomic E-state index is 13.6. The molecular formula is C23H15N3OS2. The molecule has 0 aliphatic carbocycles. The highest BCUT2D eigenvalue weighted by Gasteiger charge is 2.64. The first-order valence-electron chi connectivity index (χ1n) is 9.19. The molecule has 2 aliphatic heterocycles. The van der Waals surface area contributed by atoms with Gasteiger partial charge in [-0.15, -0.1) is 22.7 Å². The van der Waals surface area contributed by atoms with Gasteiger partial charge in [0.2, 0.25) is 0 Å². The monoisotopic (exact) mass is 413 g/mol. The lowest BCUT2D eigenvalue weighted by Gasteiger charge is -2.34. The van der Waals surface area contributed by atoms with Crippen molar-refractivity contribution in [3.8, 4) is 12.1 Å². The summed E-state index contributed by atoms with van der Waals surface area (Å²) < 4.78 is 0. The third-order valence-corrected chi connectivity index (χ3v) is 7.67. The maximum Gasteiger partial charge on any atom is 0.195 e. The Hall–Kier alpha value is -3.19. The van der Waals surface area contributed by atoms with Gasteiger partial charge in [-0.25, -0.2) is 0 Å². The largest absolute Gasteiger partial charge is 0.357 e. The minimum atomic E-state index is -1.37. The van der Waals surface area contributed by atoms with Crippen molar-refractivity contribution in [3.05, 3.63) is 86.4 Å². The quantitative estimate of drug-likeness (QED) is 0.552. The number of Topliss-reactive ketones (excluding diaryl/α,β-unsaturated/α-hetero) is 1. The molecule has 29 heavy (non-hydrogen) atoms. The Kier molecular flexibility index (Phi) is 4.13. The smallest absolute Gasteiger partial charge is 0.195 e. The summed E-state index contributed by atoms with van der Waals surface area (Å²) in [6.45, 7) is 0. The number of hydrogen-bond acceptors (Lipinski definition) is 6. The van der Waals surface area contributed by atoms with Crippen LogP contribution in [0.3, 0.4) is 0 Å². The van der Waals surface area contributed by atoms with Gasteiger partial charge in [0.25, 0.3) is 0 Å². The first-order chi connectivity index (χ1) is 14.2. The van der Waals surface area contributed by atoms with Crippen molar-refractivity contribution in [1.82, 2.24) is 4.90 Å². The summed E-state index contributed by atoms with van der Waals surface area (Å²) >= 11 is 2.89. The SMILES string of the molecule is N#CC1(C#N)[C@H](c2cccs2)[C@@H](C(=O)c2cccs2)N2C=Cc3ccccc3[C@H]21. The molecule has 0 radical (unpaired) electrons. The normalized spacial score (nSPS) is 23.7. The molecule has 0 amide bonds. The zero-order valence-corrected chi connectivity index (χ0v) is 16.9. The van der Waals surface area contributed by atoms with E-state index in [9.17, 15) is 15.3 Å². The Bertz CT molecular complexity index is 1170. The van der Waals surface area contributed by atoms with Gasteiger partial charge in [0, 0.05) is 11.1 Å². The molecule has 0 N–H and O–H groups in total. The van der Waals surface area contributed by atoms with Gasteiger partial charge in [0.15, 0.2) is 11.2 Å². The highest BCUT2D eigenvalue weighted by atomic mass is 32.1. The van der Waals surface area contributed by atoms with Crippen LogP contribution in [-0.2, 0) is 0 Å². The minimum Gasteiger partial charge on any atom is -0.357 e. The Morgan fingerprint density at radius 2 is 1.76 bits per heavy atom. The molecule has 4 heterocycles. The summed E-state index contributed by atoms with van der Waals surface area (Å²) in [4.78, 5) is 17.1. The van der Waals surface area contributed by atoms with E-state index >= 15 is 0 Å². The van der Waals surface area contributed by atoms with Gasteiger partial charge in [-0.2, -0.15) is 10.5 Å². The van der Waals surface area contributed by atoms with Crippen molar-refractivity contribution in [3.63, 3.8) is 0 Å². The fourth-order valence-corrected chi connectivity index (χ4v) is 6.27. The number of ketones is 1. The van der Waals surface area contributed by atoms with E-state index in [1.54, 1.807) is 0 Å². The van der Waals surface area contributed by atoms with Crippen molar-refractivity contribution in [2.24, 2.45) is 5.41 Å². The van der Waals surface area contributed by atoms with E-state index in [4.69, 9.17) is 0 Å². The summed E-state index contributed by atoms with van der Waals surface area (Å²) in [6.07, 6.45) is 3.86. The van der Waals surface area contributed by atoms with E-state index in [-0.39, 0.29) is 5.78 Å². The summed E-state index contributed by atoms with van der Waals surface area (Å²) in [5.74, 6) is -0.576. The zero-order valence-electron chi connectivity index (χ0n) is 15.2. The molecular weight excluding hydrogens is 398 g/mol. The second-order valence-electron chi connectivity index (χ2n) is 7.17. The van der Waals surface area contributed by atoms with E-state index in [1.165, 1.54) is 22.7 Å². The second kappa shape index (κ2) is 6.70. The average Bonchev–Trinajstić information content (AvgIpc) is 3.52. The van der Waals surface area contributed by atoms with Gasteiger partial charge < -0.3 is 4.90 Å². The van der Waals surface area contributed by atoms with Crippen LogP contribution in [0.2, 0.25) is 0 Å². The molecule has 0 spiro atoms. The van der Waals surface area contributed by atoms with Gasteiger partial charge >= 0.3 is 0 Å². The fourth-order valence-electron chi connectivity index (χ4n) is 4.64. The highest BCUT2D eigenvalue weighted by Crippen LogP contribution is 2.60. The molecule has 6 heteroatoms. The predicted octanol–water partition coefficient (Wildman–Crippen LogP) is 5.22. The molecule has 0 unspecified atom stereocenters. The molecule has 5 rings (SSSR count). The van der Waals surface area contributed by atoms with Crippen LogP contribution >= 0.6 is 22.7 Å². The third kappa shape index (κ3) is 2.43. The molecule has 0 saturated carbocycles. The molecule has 3 aromatic rings. The number of nitriles is 2. The fraction of sp³-hybridized carbons (Fsp3) is 0.174. The van der Waals surface area contributed by atoms with Gasteiger partial charge in [-0.3, -0.25) is 4.79 Å². The van der Waals surface area contributed by atoms with Gasteiger partial charge in [0.1, 0.15) is 6.04 Å². The molecule has 3 atom stereocenters. The number of fused-ring (bicyclic) bond motifs is 3. The summed E-state index contributed by atoms with van der Waals surface area (Å²) in [7, 11) is 0. The van der Waals surface area contributed by atoms with Crippen LogP contribution in [0.5, 0.6) is 0 Å². The molecule has 140 valence electrons. The summed E-state index contributed by atoms with van der Waals surface area (Å²) in [6, 6.07) is 18.9. The van der Waals surface area contributed by atoms with Crippen LogP contribution in [0.25, 0.3) is 6.08 Å². The van der Waals surface area contributed by atoms with E-state index < -0.39 is 23.4 Å². The first-order valence-corrected chi connectivity index (χ1v) is 11.0. The number of benzene rings is 1. The summed E-state index contributed by atoms with van der Waals surface area (Å²) in [5, 5.41) is 24.5. The molecule has 2 aromatic heterocycles. The van der Waals surface area contributed by atoms with Gasteiger partial charge in [-0.05, 0) is 40.1 Å². The van der Waals surface area contributed by atoms with Crippen LogP contribution in [0.1, 0.15) is 37.6 Å². The standard InChI is InChI=1S/C23H15N3OS2/c24-13-23(14-25)19(17-7-3-11-28-17)20(21(27)18-8-4-12-29-18)26-10-9-15-5-1-2-6-16(15)22(23)26/h1-12,19-20,22H/t19-,20+,22+/m1/s1. The van der Waals surface area contributed by atoms with Crippen LogP contribution < -0.4 is 0 Å². The molecule has 1 saturated heterocycles. The Labute approximate surface area is 176 Å². The van der Waals surface area contributed by atoms with E-state index in [2.05, 4.69) is 12.1 Å². The van der Waals surface area contributed by atoms with Crippen molar-refractivity contribution >= 4 is 34.5 Å². The third-order valence-electron chi connectivity index (χ3n) is 5.83. The van der Waals surface area contributed by atoms with Crippen molar-refractivity contribution in [2.45, 2.75) is 18.0 Å². The Morgan fingerprint density at radius 1 is 1.00 bits per heavy atom. The minimum absolute atomic E-state index is 0.0418. The predicted molar refractivity (Wildman–Crippen MR) is 113 cm³/mol. The van der Waals surface area contributed by atoms with Crippen molar-refractivity contribution in [1.29, 1.82) is 10.5 Å². The highest BCUT2D eigenvalue weighted by molar-refractivity contribution is 7.12. The molecule has 1 aromatic carbocycles. The number of rotatable bonds is 3. The first kappa shape index (κ1) is 17.9. The van der Waals surface area contributed by atoms with E-state index in [0.717, 1.165) is 16.0 Å².